The van der Waals surface area contributed by atoms with Crippen LogP contribution in [0.25, 0.3) is 0 Å². The Morgan fingerprint density at radius 2 is 2.00 bits per heavy atom. The van der Waals surface area contributed by atoms with Gasteiger partial charge in [-0.1, -0.05) is 23.7 Å². The molecule has 1 aliphatic rings. The van der Waals surface area contributed by atoms with Crippen LogP contribution in [0.15, 0.2) is 29.2 Å². The highest BCUT2D eigenvalue weighted by Crippen LogP contribution is 2.48. The molecule has 1 aliphatic carbocycles. The third-order valence-electron chi connectivity index (χ3n) is 3.36. The molecule has 4 nitrogen and oxygen atoms in total. The molecule has 1 aromatic rings. The molecular weight excluding hydrogens is 274 g/mol. The van der Waals surface area contributed by atoms with Crippen LogP contribution < -0.4 is 4.72 Å². The van der Waals surface area contributed by atoms with Crippen molar-refractivity contribution in [1.82, 2.24) is 4.72 Å². The summed E-state index contributed by atoms with van der Waals surface area (Å²) in [7, 11) is -3.57. The third-order valence-corrected chi connectivity index (χ3v) is 5.26. The lowest BCUT2D eigenvalue weighted by Crippen LogP contribution is -2.31. The first-order valence-corrected chi connectivity index (χ1v) is 7.70. The Kier molecular flexibility index (Phi) is 3.96. The lowest BCUT2D eigenvalue weighted by atomic mass is 10.0. The van der Waals surface area contributed by atoms with Crippen LogP contribution in [-0.4, -0.2) is 26.7 Å². The zero-order chi connectivity index (χ0) is 13.2. The van der Waals surface area contributed by atoms with E-state index in [2.05, 4.69) is 4.72 Å². The van der Waals surface area contributed by atoms with Crippen molar-refractivity contribution in [3.63, 3.8) is 0 Å². The van der Waals surface area contributed by atoms with Gasteiger partial charge in [0.25, 0.3) is 0 Å². The van der Waals surface area contributed by atoms with Crippen LogP contribution in [0.2, 0.25) is 5.02 Å². The predicted octanol–water partition coefficient (Wildman–Crippen LogP) is 1.78. The minimum Gasteiger partial charge on any atom is -0.396 e. The molecule has 1 fully saturated rings. The van der Waals surface area contributed by atoms with Gasteiger partial charge in [0.2, 0.25) is 10.0 Å². The minimum absolute atomic E-state index is 0.0525. The van der Waals surface area contributed by atoms with Crippen LogP contribution in [0, 0.1) is 5.41 Å². The predicted molar refractivity (Wildman–Crippen MR) is 70.0 cm³/mol. The molecule has 2 rings (SSSR count). The number of hydrogen-bond donors (Lipinski definition) is 2. The average molecular weight is 290 g/mol. The second kappa shape index (κ2) is 5.17. The summed E-state index contributed by atoms with van der Waals surface area (Å²) in [5.41, 5.74) is -0.0525. The maximum Gasteiger partial charge on any atom is 0.242 e. The van der Waals surface area contributed by atoms with Crippen LogP contribution in [0.5, 0.6) is 0 Å². The van der Waals surface area contributed by atoms with Gasteiger partial charge in [0.1, 0.15) is 4.90 Å². The number of hydrogen-bond acceptors (Lipinski definition) is 3. The van der Waals surface area contributed by atoms with E-state index in [9.17, 15) is 8.42 Å². The smallest absolute Gasteiger partial charge is 0.242 e. The van der Waals surface area contributed by atoms with E-state index in [1.165, 1.54) is 6.07 Å². The molecule has 0 bridgehead atoms. The van der Waals surface area contributed by atoms with Crippen LogP contribution in [-0.2, 0) is 10.0 Å². The van der Waals surface area contributed by atoms with Crippen LogP contribution in [0.4, 0.5) is 0 Å². The van der Waals surface area contributed by atoms with Crippen LogP contribution in [0.3, 0.4) is 0 Å². The molecule has 0 unspecified atom stereocenters. The van der Waals surface area contributed by atoms with Crippen molar-refractivity contribution >= 4 is 21.6 Å². The summed E-state index contributed by atoms with van der Waals surface area (Å²) in [5, 5.41) is 9.15. The van der Waals surface area contributed by atoms with E-state index < -0.39 is 10.0 Å². The minimum atomic E-state index is -3.57. The standard InChI is InChI=1S/C12H16ClNO3S/c13-10-3-1-2-4-11(10)18(16,17)14-9-12(5-6-12)7-8-15/h1-4,14-15H,5-9H2. The molecule has 0 saturated heterocycles. The molecule has 18 heavy (non-hydrogen) atoms. The fraction of sp³-hybridized carbons (Fsp3) is 0.500. The number of aliphatic hydroxyl groups excluding tert-OH is 1. The average Bonchev–Trinajstić information content (AvgIpc) is 3.08. The Morgan fingerprint density at radius 3 is 2.56 bits per heavy atom. The molecule has 0 radical (unpaired) electrons. The summed E-state index contributed by atoms with van der Waals surface area (Å²) in [6, 6.07) is 6.36. The fourth-order valence-corrected chi connectivity index (χ4v) is 3.59. The Hall–Kier alpha value is -0.620. The Balaban J connectivity index is 2.07. The van der Waals surface area contributed by atoms with E-state index >= 15 is 0 Å². The molecule has 1 saturated carbocycles. The van der Waals surface area contributed by atoms with Gasteiger partial charge in [-0.25, -0.2) is 13.1 Å². The highest BCUT2D eigenvalue weighted by molar-refractivity contribution is 7.89. The maximum absolute atomic E-state index is 12.1. The van der Waals surface area contributed by atoms with Crippen molar-refractivity contribution in [2.45, 2.75) is 24.2 Å². The van der Waals surface area contributed by atoms with Crippen molar-refractivity contribution in [2.24, 2.45) is 5.41 Å². The highest BCUT2D eigenvalue weighted by Gasteiger charge is 2.42. The summed E-state index contributed by atoms with van der Waals surface area (Å²) >= 11 is 5.88. The van der Waals surface area contributed by atoms with Gasteiger partial charge in [-0.3, -0.25) is 0 Å². The summed E-state index contributed by atoms with van der Waals surface area (Å²) in [4.78, 5) is 0.103. The lowest BCUT2D eigenvalue weighted by Gasteiger charge is -2.15. The first-order chi connectivity index (χ1) is 8.49. The zero-order valence-electron chi connectivity index (χ0n) is 9.89. The molecule has 0 atom stereocenters. The Bertz CT molecular complexity index is 526. The van der Waals surface area contributed by atoms with E-state index in [0.29, 0.717) is 13.0 Å². The molecule has 0 heterocycles. The number of halogens is 1. The van der Waals surface area contributed by atoms with Crippen molar-refractivity contribution in [1.29, 1.82) is 0 Å². The van der Waals surface area contributed by atoms with E-state index in [1.54, 1.807) is 18.2 Å². The molecule has 0 aliphatic heterocycles. The van der Waals surface area contributed by atoms with E-state index in [-0.39, 0.29) is 21.9 Å². The highest BCUT2D eigenvalue weighted by atomic mass is 35.5. The van der Waals surface area contributed by atoms with Gasteiger partial charge in [-0.15, -0.1) is 0 Å². The first kappa shape index (κ1) is 13.8. The van der Waals surface area contributed by atoms with Gasteiger partial charge < -0.3 is 5.11 Å². The van der Waals surface area contributed by atoms with Crippen molar-refractivity contribution in [3.8, 4) is 0 Å². The number of sulfonamides is 1. The molecule has 1 aromatic carbocycles. The lowest BCUT2D eigenvalue weighted by molar-refractivity contribution is 0.249. The number of rotatable bonds is 6. The van der Waals surface area contributed by atoms with Gasteiger partial charge >= 0.3 is 0 Å². The van der Waals surface area contributed by atoms with E-state index in [1.807, 2.05) is 0 Å². The molecule has 0 aromatic heterocycles. The summed E-state index contributed by atoms with van der Waals surface area (Å²) < 4.78 is 26.7. The summed E-state index contributed by atoms with van der Waals surface area (Å²) in [5.74, 6) is 0. The molecule has 0 spiro atoms. The summed E-state index contributed by atoms with van der Waals surface area (Å²) in [6.45, 7) is 0.453. The molecule has 0 amide bonds. The second-order valence-electron chi connectivity index (χ2n) is 4.73. The van der Waals surface area contributed by atoms with Crippen LogP contribution >= 0.6 is 11.6 Å². The SMILES string of the molecule is O=S(=O)(NCC1(CCO)CC1)c1ccccc1Cl. The van der Waals surface area contributed by atoms with E-state index in [4.69, 9.17) is 16.7 Å². The van der Waals surface area contributed by atoms with Gasteiger partial charge in [-0.05, 0) is 36.8 Å². The molecular formula is C12H16ClNO3S. The number of aliphatic hydroxyl groups is 1. The van der Waals surface area contributed by atoms with Gasteiger partial charge in [0.15, 0.2) is 0 Å². The van der Waals surface area contributed by atoms with Gasteiger partial charge in [-0.2, -0.15) is 0 Å². The molecule has 6 heteroatoms. The quantitative estimate of drug-likeness (QED) is 0.839. The van der Waals surface area contributed by atoms with Gasteiger partial charge in [0, 0.05) is 13.2 Å². The number of nitrogens with one attached hydrogen (secondary N) is 1. The van der Waals surface area contributed by atoms with Crippen molar-refractivity contribution in [2.75, 3.05) is 13.2 Å². The van der Waals surface area contributed by atoms with Crippen molar-refractivity contribution in [3.05, 3.63) is 29.3 Å². The van der Waals surface area contributed by atoms with Crippen LogP contribution in [0.1, 0.15) is 19.3 Å². The van der Waals surface area contributed by atoms with Crippen molar-refractivity contribution < 1.29 is 13.5 Å². The monoisotopic (exact) mass is 289 g/mol. The Morgan fingerprint density at radius 1 is 1.33 bits per heavy atom. The second-order valence-corrected chi connectivity index (χ2v) is 6.87. The largest absolute Gasteiger partial charge is 0.396 e. The fourth-order valence-electron chi connectivity index (χ4n) is 1.92. The topological polar surface area (TPSA) is 66.4 Å². The molecule has 100 valence electrons. The maximum atomic E-state index is 12.1. The van der Waals surface area contributed by atoms with Gasteiger partial charge in [0.05, 0.1) is 5.02 Å². The molecule has 2 N–H and O–H groups in total. The normalized spacial score (nSPS) is 17.7. The third kappa shape index (κ3) is 3.03. The van der Waals surface area contributed by atoms with E-state index in [0.717, 1.165) is 12.8 Å². The zero-order valence-corrected chi connectivity index (χ0v) is 11.5. The number of benzene rings is 1. The summed E-state index contributed by atoms with van der Waals surface area (Å²) in [6.07, 6.45) is 2.55. The first-order valence-electron chi connectivity index (χ1n) is 5.84. The Labute approximate surface area is 112 Å².